The van der Waals surface area contributed by atoms with Crippen LogP contribution in [0.5, 0.6) is 5.75 Å². The third kappa shape index (κ3) is 10.2. The van der Waals surface area contributed by atoms with Gasteiger partial charge in [0.2, 0.25) is 0 Å². The van der Waals surface area contributed by atoms with E-state index in [1.165, 1.54) is 63.5 Å². The largest absolute Gasteiger partial charge is 0.462 e. The maximum absolute atomic E-state index is 12.6. The summed E-state index contributed by atoms with van der Waals surface area (Å²) in [5.41, 5.74) is 0.293. The van der Waals surface area contributed by atoms with Crippen LogP contribution in [0.4, 0.5) is 0 Å². The van der Waals surface area contributed by atoms with Crippen molar-refractivity contribution >= 4 is 35.1 Å². The Labute approximate surface area is 207 Å². The maximum Gasteiger partial charge on any atom is 0.344 e. The van der Waals surface area contributed by atoms with Crippen LogP contribution in [0.15, 0.2) is 42.5 Å². The normalized spacial score (nSPS) is 10.8. The minimum absolute atomic E-state index is 0.123. The standard InChI is InChI=1S/C27H34Cl2O4/c1-2-3-4-5-6-7-8-9-10-11-14-19-32-26(30)22-15-12-13-16-23(22)27(31)33-25-20-21(28)17-18-24(25)29/h12-13,15-18,20H,2-11,14,19H2,1H3. The number of carbonyl (C=O) groups excluding carboxylic acids is 2. The fourth-order valence-corrected chi connectivity index (χ4v) is 3.88. The summed E-state index contributed by atoms with van der Waals surface area (Å²) >= 11 is 12.0. The summed E-state index contributed by atoms with van der Waals surface area (Å²) in [5.74, 6) is -1.09. The van der Waals surface area contributed by atoms with E-state index in [0.29, 0.717) is 11.6 Å². The van der Waals surface area contributed by atoms with Gasteiger partial charge >= 0.3 is 11.9 Å². The van der Waals surface area contributed by atoms with Crippen LogP contribution in [0, 0.1) is 0 Å². The predicted octanol–water partition coefficient (Wildman–Crippen LogP) is 8.68. The molecule has 0 aromatic heterocycles. The molecule has 0 radical (unpaired) electrons. The molecule has 0 bridgehead atoms. The van der Waals surface area contributed by atoms with Crippen LogP contribution >= 0.6 is 23.2 Å². The van der Waals surface area contributed by atoms with Crippen LogP contribution < -0.4 is 4.74 Å². The minimum Gasteiger partial charge on any atom is -0.462 e. The van der Waals surface area contributed by atoms with Gasteiger partial charge in [0.1, 0.15) is 0 Å². The number of hydrogen-bond donors (Lipinski definition) is 0. The maximum atomic E-state index is 12.6. The molecule has 0 aliphatic rings. The van der Waals surface area contributed by atoms with Crippen LogP contribution in [0.3, 0.4) is 0 Å². The molecule has 180 valence electrons. The van der Waals surface area contributed by atoms with Crippen LogP contribution in [0.1, 0.15) is 98.3 Å². The molecule has 33 heavy (non-hydrogen) atoms. The van der Waals surface area contributed by atoms with Crippen molar-refractivity contribution in [2.45, 2.75) is 77.6 Å². The highest BCUT2D eigenvalue weighted by atomic mass is 35.5. The molecule has 0 heterocycles. The number of unbranched alkanes of at least 4 members (excludes halogenated alkanes) is 10. The SMILES string of the molecule is CCCCCCCCCCCCCOC(=O)c1ccccc1C(=O)Oc1cc(Cl)ccc1Cl. The van der Waals surface area contributed by atoms with E-state index in [1.54, 1.807) is 30.3 Å². The van der Waals surface area contributed by atoms with Gasteiger partial charge in [-0.2, -0.15) is 0 Å². The highest BCUT2D eigenvalue weighted by molar-refractivity contribution is 6.34. The number of benzene rings is 2. The average Bonchev–Trinajstić information content (AvgIpc) is 2.82. The lowest BCUT2D eigenvalue weighted by atomic mass is 10.1. The van der Waals surface area contributed by atoms with Crippen LogP contribution in [0.25, 0.3) is 0 Å². The number of ether oxygens (including phenoxy) is 2. The zero-order valence-corrected chi connectivity index (χ0v) is 20.9. The molecule has 0 spiro atoms. The van der Waals surface area contributed by atoms with Crippen molar-refractivity contribution in [1.29, 1.82) is 0 Å². The Hall–Kier alpha value is -2.04. The second kappa shape index (κ2) is 15.7. The summed E-state index contributed by atoms with van der Waals surface area (Å²) in [7, 11) is 0. The van der Waals surface area contributed by atoms with E-state index < -0.39 is 11.9 Å². The molecular weight excluding hydrogens is 459 g/mol. The van der Waals surface area contributed by atoms with E-state index >= 15 is 0 Å². The predicted molar refractivity (Wildman–Crippen MR) is 135 cm³/mol. The van der Waals surface area contributed by atoms with Gasteiger partial charge in [-0.05, 0) is 30.7 Å². The fraction of sp³-hybridized carbons (Fsp3) is 0.481. The molecule has 0 aliphatic heterocycles. The van der Waals surface area contributed by atoms with E-state index in [0.717, 1.165) is 19.3 Å². The van der Waals surface area contributed by atoms with Crippen LogP contribution in [-0.2, 0) is 4.74 Å². The van der Waals surface area contributed by atoms with Crippen LogP contribution in [0.2, 0.25) is 10.0 Å². The van der Waals surface area contributed by atoms with Crippen molar-refractivity contribution in [2.24, 2.45) is 0 Å². The van der Waals surface area contributed by atoms with Crippen molar-refractivity contribution in [1.82, 2.24) is 0 Å². The Morgan fingerprint density at radius 3 is 1.88 bits per heavy atom. The first-order chi connectivity index (χ1) is 16.0. The van der Waals surface area contributed by atoms with E-state index in [4.69, 9.17) is 32.7 Å². The Morgan fingerprint density at radius 2 is 1.27 bits per heavy atom. The Bertz CT molecular complexity index is 882. The van der Waals surface area contributed by atoms with Gasteiger partial charge in [0.25, 0.3) is 0 Å². The van der Waals surface area contributed by atoms with Gasteiger partial charge < -0.3 is 9.47 Å². The van der Waals surface area contributed by atoms with E-state index in [-0.39, 0.29) is 21.9 Å². The second-order valence-electron chi connectivity index (χ2n) is 8.18. The summed E-state index contributed by atoms with van der Waals surface area (Å²) in [4.78, 5) is 25.2. The highest BCUT2D eigenvalue weighted by Gasteiger charge is 2.20. The van der Waals surface area contributed by atoms with Crippen molar-refractivity contribution < 1.29 is 19.1 Å². The molecule has 0 fully saturated rings. The molecule has 0 aliphatic carbocycles. The smallest absolute Gasteiger partial charge is 0.344 e. The summed E-state index contributed by atoms with van der Waals surface area (Å²) in [5, 5.41) is 0.645. The lowest BCUT2D eigenvalue weighted by molar-refractivity contribution is 0.0489. The number of esters is 2. The molecule has 0 unspecified atom stereocenters. The van der Waals surface area contributed by atoms with Crippen LogP contribution in [-0.4, -0.2) is 18.5 Å². The molecule has 2 rings (SSSR count). The van der Waals surface area contributed by atoms with Gasteiger partial charge in [-0.15, -0.1) is 0 Å². The molecule has 2 aromatic rings. The average molecular weight is 493 g/mol. The van der Waals surface area contributed by atoms with E-state index in [2.05, 4.69) is 6.92 Å². The van der Waals surface area contributed by atoms with Crippen molar-refractivity contribution in [3.05, 3.63) is 63.6 Å². The summed E-state index contributed by atoms with van der Waals surface area (Å²) in [6, 6.07) is 11.0. The summed E-state index contributed by atoms with van der Waals surface area (Å²) in [6.45, 7) is 2.57. The molecular formula is C27H34Cl2O4. The van der Waals surface area contributed by atoms with Gasteiger partial charge in [-0.25, -0.2) is 9.59 Å². The molecule has 0 N–H and O–H groups in total. The Balaban J connectivity index is 1.72. The Kier molecular flexibility index (Phi) is 13.0. The molecule has 0 atom stereocenters. The first-order valence-electron chi connectivity index (χ1n) is 12.0. The first kappa shape index (κ1) is 27.2. The van der Waals surface area contributed by atoms with E-state index in [9.17, 15) is 9.59 Å². The van der Waals surface area contributed by atoms with Gasteiger partial charge in [-0.1, -0.05) is 106 Å². The molecule has 6 heteroatoms. The third-order valence-corrected chi connectivity index (χ3v) is 5.99. The lowest BCUT2D eigenvalue weighted by Gasteiger charge is -2.10. The van der Waals surface area contributed by atoms with Crippen molar-refractivity contribution in [2.75, 3.05) is 6.61 Å². The summed E-state index contributed by atoms with van der Waals surface area (Å²) < 4.78 is 10.8. The molecule has 4 nitrogen and oxygen atoms in total. The monoisotopic (exact) mass is 492 g/mol. The first-order valence-corrected chi connectivity index (χ1v) is 12.7. The second-order valence-corrected chi connectivity index (χ2v) is 9.02. The third-order valence-electron chi connectivity index (χ3n) is 5.44. The fourth-order valence-electron chi connectivity index (χ4n) is 3.56. The zero-order chi connectivity index (χ0) is 23.9. The summed E-state index contributed by atoms with van der Waals surface area (Å²) in [6.07, 6.45) is 13.5. The zero-order valence-electron chi connectivity index (χ0n) is 19.4. The van der Waals surface area contributed by atoms with Crippen molar-refractivity contribution in [3.8, 4) is 5.75 Å². The van der Waals surface area contributed by atoms with E-state index in [1.807, 2.05) is 0 Å². The molecule has 0 saturated carbocycles. The number of carbonyl (C=O) groups is 2. The van der Waals surface area contributed by atoms with Gasteiger partial charge in [0.05, 0.1) is 22.8 Å². The highest BCUT2D eigenvalue weighted by Crippen LogP contribution is 2.28. The molecule has 0 saturated heterocycles. The minimum atomic E-state index is -0.693. The molecule has 2 aromatic carbocycles. The Morgan fingerprint density at radius 1 is 0.727 bits per heavy atom. The van der Waals surface area contributed by atoms with Crippen molar-refractivity contribution in [3.63, 3.8) is 0 Å². The lowest BCUT2D eigenvalue weighted by Crippen LogP contribution is -2.16. The topological polar surface area (TPSA) is 52.6 Å². The number of rotatable bonds is 15. The molecule has 0 amide bonds. The van der Waals surface area contributed by atoms with Gasteiger partial charge in [0.15, 0.2) is 5.75 Å². The van der Waals surface area contributed by atoms with Gasteiger partial charge in [-0.3, -0.25) is 0 Å². The number of hydrogen-bond acceptors (Lipinski definition) is 4. The quantitative estimate of drug-likeness (QED) is 0.141. The number of halogens is 2. The van der Waals surface area contributed by atoms with Gasteiger partial charge in [0, 0.05) is 11.1 Å².